The van der Waals surface area contributed by atoms with E-state index in [1.165, 1.54) is 0 Å². The van der Waals surface area contributed by atoms with Crippen LogP contribution in [0.1, 0.15) is 5.01 Å². The first-order chi connectivity index (χ1) is 8.65. The number of amides is 1. The average molecular weight is 263 g/mol. The van der Waals surface area contributed by atoms with Crippen LogP contribution in [0.3, 0.4) is 0 Å². The molecular weight excluding hydrogens is 250 g/mol. The van der Waals surface area contributed by atoms with Crippen LogP contribution in [0, 0.1) is 0 Å². The summed E-state index contributed by atoms with van der Waals surface area (Å²) in [7, 11) is 0. The van der Waals surface area contributed by atoms with E-state index in [2.05, 4.69) is 10.3 Å². The zero-order chi connectivity index (χ0) is 13.0. The number of aromatic nitrogens is 1. The number of carbonyl (C=O) groups is 1. The van der Waals surface area contributed by atoms with Crippen molar-refractivity contribution in [1.29, 1.82) is 0 Å². The molecule has 2 rings (SSSR count). The third-order valence-electron chi connectivity index (χ3n) is 2.36. The molecule has 94 valence electrons. The Bertz CT molecular complexity index is 537. The van der Waals surface area contributed by atoms with Gasteiger partial charge in [-0.05, 0) is 17.7 Å². The van der Waals surface area contributed by atoms with Crippen LogP contribution in [-0.2, 0) is 6.42 Å². The number of carboxylic acid groups (broad SMARTS) is 1. The molecule has 0 bridgehead atoms. The summed E-state index contributed by atoms with van der Waals surface area (Å²) in [5, 5.41) is 11.7. The van der Waals surface area contributed by atoms with Crippen LogP contribution in [0.2, 0.25) is 0 Å². The van der Waals surface area contributed by atoms with Gasteiger partial charge in [-0.3, -0.25) is 0 Å². The molecule has 1 amide bonds. The van der Waals surface area contributed by atoms with Crippen molar-refractivity contribution in [1.82, 2.24) is 10.3 Å². The predicted octanol–water partition coefficient (Wildman–Crippen LogP) is 2.20. The largest absolute Gasteiger partial charge is 0.465 e. The molecule has 4 N–H and O–H groups in total. The predicted molar refractivity (Wildman–Crippen MR) is 71.7 cm³/mol. The number of nitrogens with one attached hydrogen (secondary N) is 1. The van der Waals surface area contributed by atoms with Gasteiger partial charge >= 0.3 is 6.09 Å². The Hall–Kier alpha value is -2.08. The van der Waals surface area contributed by atoms with Gasteiger partial charge in [-0.15, -0.1) is 11.3 Å². The number of hydrogen-bond acceptors (Lipinski definition) is 4. The van der Waals surface area contributed by atoms with Crippen molar-refractivity contribution in [2.45, 2.75) is 6.42 Å². The molecule has 6 heteroatoms. The summed E-state index contributed by atoms with van der Waals surface area (Å²) in [5.74, 6) is 0. The molecule has 0 aliphatic heterocycles. The number of nitrogens with zero attached hydrogens (tertiary/aromatic N) is 1. The van der Waals surface area contributed by atoms with Crippen molar-refractivity contribution in [3.63, 3.8) is 0 Å². The number of nitrogens with two attached hydrogens (primary N) is 1. The molecule has 0 unspecified atom stereocenters. The molecule has 5 nitrogen and oxygen atoms in total. The second kappa shape index (κ2) is 5.50. The van der Waals surface area contributed by atoms with Crippen LogP contribution in [-0.4, -0.2) is 22.7 Å². The van der Waals surface area contributed by atoms with Gasteiger partial charge in [0.1, 0.15) is 0 Å². The number of thiazole rings is 1. The van der Waals surface area contributed by atoms with E-state index in [4.69, 9.17) is 10.8 Å². The maximum Gasteiger partial charge on any atom is 0.404 e. The van der Waals surface area contributed by atoms with Crippen molar-refractivity contribution in [2.24, 2.45) is 0 Å². The second-order valence-corrected chi connectivity index (χ2v) is 4.84. The maximum absolute atomic E-state index is 10.3. The summed E-state index contributed by atoms with van der Waals surface area (Å²) in [6, 6.07) is 7.59. The molecule has 1 aromatic carbocycles. The van der Waals surface area contributed by atoms with Crippen LogP contribution in [0.15, 0.2) is 30.5 Å². The van der Waals surface area contributed by atoms with Crippen LogP contribution >= 0.6 is 11.3 Å². The number of benzene rings is 1. The van der Waals surface area contributed by atoms with Crippen molar-refractivity contribution in [3.8, 4) is 10.4 Å². The molecule has 1 heterocycles. The van der Waals surface area contributed by atoms with Crippen molar-refractivity contribution in [3.05, 3.63) is 35.5 Å². The fraction of sp³-hybridized carbons (Fsp3) is 0.167. The molecule has 18 heavy (non-hydrogen) atoms. The highest BCUT2D eigenvalue weighted by Gasteiger charge is 2.04. The molecule has 0 saturated carbocycles. The van der Waals surface area contributed by atoms with Gasteiger partial charge in [0, 0.05) is 24.8 Å². The lowest BCUT2D eigenvalue weighted by atomic mass is 10.2. The van der Waals surface area contributed by atoms with E-state index in [1.807, 2.05) is 24.3 Å². The van der Waals surface area contributed by atoms with Crippen LogP contribution < -0.4 is 11.1 Å². The molecule has 0 aliphatic rings. The fourth-order valence-electron chi connectivity index (χ4n) is 1.48. The minimum absolute atomic E-state index is 0.379. The van der Waals surface area contributed by atoms with Gasteiger partial charge in [0.05, 0.1) is 9.88 Å². The first-order valence-electron chi connectivity index (χ1n) is 5.42. The van der Waals surface area contributed by atoms with E-state index >= 15 is 0 Å². The summed E-state index contributed by atoms with van der Waals surface area (Å²) in [4.78, 5) is 15.6. The monoisotopic (exact) mass is 263 g/mol. The fourth-order valence-corrected chi connectivity index (χ4v) is 2.41. The Labute approximate surface area is 108 Å². The number of hydrogen-bond donors (Lipinski definition) is 3. The molecule has 0 radical (unpaired) electrons. The molecule has 2 aromatic rings. The van der Waals surface area contributed by atoms with Gasteiger partial charge in [0.15, 0.2) is 0 Å². The van der Waals surface area contributed by atoms with Gasteiger partial charge in [0.2, 0.25) is 0 Å². The highest BCUT2D eigenvalue weighted by Crippen LogP contribution is 2.26. The topological polar surface area (TPSA) is 88.2 Å². The van der Waals surface area contributed by atoms with E-state index in [-0.39, 0.29) is 0 Å². The number of rotatable bonds is 4. The standard InChI is InChI=1S/C12H13N3O2S/c13-9-3-1-8(2-4-9)10-7-15-11(18-10)5-6-14-12(16)17/h1-4,7,14H,5-6,13H2,(H,16,17). The minimum Gasteiger partial charge on any atom is -0.465 e. The third-order valence-corrected chi connectivity index (χ3v) is 3.47. The third kappa shape index (κ3) is 3.21. The summed E-state index contributed by atoms with van der Waals surface area (Å²) in [5.41, 5.74) is 7.43. The highest BCUT2D eigenvalue weighted by molar-refractivity contribution is 7.15. The van der Waals surface area contributed by atoms with E-state index in [0.29, 0.717) is 13.0 Å². The van der Waals surface area contributed by atoms with E-state index in [9.17, 15) is 4.79 Å². The molecule has 0 spiro atoms. The Morgan fingerprint density at radius 2 is 2.11 bits per heavy atom. The molecule has 0 aliphatic carbocycles. The summed E-state index contributed by atoms with van der Waals surface area (Å²) < 4.78 is 0. The van der Waals surface area contributed by atoms with Gasteiger partial charge in [0.25, 0.3) is 0 Å². The Morgan fingerprint density at radius 3 is 2.78 bits per heavy atom. The molecule has 0 saturated heterocycles. The zero-order valence-electron chi connectivity index (χ0n) is 9.59. The smallest absolute Gasteiger partial charge is 0.404 e. The minimum atomic E-state index is -1.01. The Balaban J connectivity index is 2.01. The number of nitrogen functional groups attached to an aromatic ring is 1. The van der Waals surface area contributed by atoms with Gasteiger partial charge < -0.3 is 16.2 Å². The van der Waals surface area contributed by atoms with Crippen LogP contribution in [0.4, 0.5) is 10.5 Å². The molecule has 0 atom stereocenters. The van der Waals surface area contributed by atoms with Gasteiger partial charge in [-0.2, -0.15) is 0 Å². The van der Waals surface area contributed by atoms with Gasteiger partial charge in [-0.1, -0.05) is 12.1 Å². The van der Waals surface area contributed by atoms with Crippen molar-refractivity contribution < 1.29 is 9.90 Å². The van der Waals surface area contributed by atoms with Crippen LogP contribution in [0.5, 0.6) is 0 Å². The van der Waals surface area contributed by atoms with Crippen molar-refractivity contribution in [2.75, 3.05) is 12.3 Å². The van der Waals surface area contributed by atoms with E-state index in [1.54, 1.807) is 17.5 Å². The lowest BCUT2D eigenvalue weighted by molar-refractivity contribution is 0.194. The number of anilines is 1. The quantitative estimate of drug-likeness (QED) is 0.738. The average Bonchev–Trinajstić information content (AvgIpc) is 2.78. The SMILES string of the molecule is Nc1ccc(-c2cnc(CCNC(=O)O)s2)cc1. The lowest BCUT2D eigenvalue weighted by Crippen LogP contribution is -2.23. The zero-order valence-corrected chi connectivity index (χ0v) is 10.4. The Kier molecular flexibility index (Phi) is 3.78. The molecule has 1 aromatic heterocycles. The second-order valence-electron chi connectivity index (χ2n) is 3.72. The highest BCUT2D eigenvalue weighted by atomic mass is 32.1. The van der Waals surface area contributed by atoms with E-state index in [0.717, 1.165) is 21.1 Å². The summed E-state index contributed by atoms with van der Waals surface area (Å²) in [6.45, 7) is 0.379. The van der Waals surface area contributed by atoms with E-state index < -0.39 is 6.09 Å². The summed E-state index contributed by atoms with van der Waals surface area (Å²) >= 11 is 1.56. The van der Waals surface area contributed by atoms with Gasteiger partial charge in [-0.25, -0.2) is 9.78 Å². The van der Waals surface area contributed by atoms with Crippen molar-refractivity contribution >= 4 is 23.1 Å². The molecular formula is C12H13N3O2S. The first-order valence-corrected chi connectivity index (χ1v) is 6.24. The Morgan fingerprint density at radius 1 is 1.39 bits per heavy atom. The maximum atomic E-state index is 10.3. The summed E-state index contributed by atoms with van der Waals surface area (Å²) in [6.07, 6.45) is 1.39. The first kappa shape index (κ1) is 12.4. The lowest BCUT2D eigenvalue weighted by Gasteiger charge is -1.98. The van der Waals surface area contributed by atoms with Crippen LogP contribution in [0.25, 0.3) is 10.4 Å². The normalized spacial score (nSPS) is 10.2. The molecule has 0 fully saturated rings.